The standard InChI is InChI=1S/C20H28N4O2S/c1-4-24-18(13-26-17-10-8-9-15(2)16(17)3)21-22-20(24)27-14-19(25)23-11-6-5-7-12-23/h8-10H,4-7,11-14H2,1-3H3. The highest BCUT2D eigenvalue weighted by Crippen LogP contribution is 2.23. The van der Waals surface area contributed by atoms with Crippen molar-refractivity contribution in [3.05, 3.63) is 35.2 Å². The second-order valence-electron chi connectivity index (χ2n) is 6.86. The van der Waals surface area contributed by atoms with Crippen molar-refractivity contribution in [2.75, 3.05) is 18.8 Å². The molecule has 146 valence electrons. The van der Waals surface area contributed by atoms with E-state index in [1.54, 1.807) is 0 Å². The maximum absolute atomic E-state index is 12.4. The first-order valence-electron chi connectivity index (χ1n) is 9.61. The predicted molar refractivity (Wildman–Crippen MR) is 107 cm³/mol. The molecule has 0 saturated carbocycles. The molecule has 1 aromatic carbocycles. The highest BCUT2D eigenvalue weighted by molar-refractivity contribution is 7.99. The number of hydrogen-bond donors (Lipinski definition) is 0. The third kappa shape index (κ3) is 4.83. The van der Waals surface area contributed by atoms with Gasteiger partial charge in [-0.15, -0.1) is 10.2 Å². The summed E-state index contributed by atoms with van der Waals surface area (Å²) in [4.78, 5) is 14.3. The van der Waals surface area contributed by atoms with Crippen LogP contribution in [0.1, 0.15) is 43.1 Å². The first-order chi connectivity index (χ1) is 13.1. The molecule has 0 bridgehead atoms. The van der Waals surface area contributed by atoms with Crippen LogP contribution in [-0.2, 0) is 17.9 Å². The fraction of sp³-hybridized carbons (Fsp3) is 0.550. The number of carbonyl (C=O) groups is 1. The van der Waals surface area contributed by atoms with Crippen LogP contribution in [0.25, 0.3) is 0 Å². The van der Waals surface area contributed by atoms with Gasteiger partial charge in [0.25, 0.3) is 0 Å². The molecule has 2 aromatic rings. The normalized spacial score (nSPS) is 14.4. The molecule has 0 spiro atoms. The molecule has 1 saturated heterocycles. The summed E-state index contributed by atoms with van der Waals surface area (Å²) < 4.78 is 8.00. The highest BCUT2D eigenvalue weighted by atomic mass is 32.2. The van der Waals surface area contributed by atoms with E-state index in [9.17, 15) is 4.79 Å². The Labute approximate surface area is 165 Å². The van der Waals surface area contributed by atoms with Gasteiger partial charge < -0.3 is 14.2 Å². The van der Waals surface area contributed by atoms with Crippen molar-refractivity contribution in [1.82, 2.24) is 19.7 Å². The molecule has 1 aliphatic heterocycles. The Hall–Kier alpha value is -2.02. The Kier molecular flexibility index (Phi) is 6.77. The number of hydrogen-bond acceptors (Lipinski definition) is 5. The molecule has 6 nitrogen and oxygen atoms in total. The number of carbonyl (C=O) groups excluding carboxylic acids is 1. The van der Waals surface area contributed by atoms with Gasteiger partial charge >= 0.3 is 0 Å². The van der Waals surface area contributed by atoms with Crippen molar-refractivity contribution in [2.24, 2.45) is 0 Å². The van der Waals surface area contributed by atoms with Gasteiger partial charge in [0.2, 0.25) is 5.91 Å². The first kappa shape index (κ1) is 19.7. The Bertz CT molecular complexity index is 784. The summed E-state index contributed by atoms with van der Waals surface area (Å²) in [6.45, 7) is 9.07. The molecule has 0 radical (unpaired) electrons. The van der Waals surface area contributed by atoms with Crippen LogP contribution < -0.4 is 4.74 Å². The summed E-state index contributed by atoms with van der Waals surface area (Å²) in [5, 5.41) is 9.35. The lowest BCUT2D eigenvalue weighted by atomic mass is 10.1. The van der Waals surface area contributed by atoms with Crippen molar-refractivity contribution in [3.8, 4) is 5.75 Å². The molecule has 0 N–H and O–H groups in total. The van der Waals surface area contributed by atoms with E-state index < -0.39 is 0 Å². The van der Waals surface area contributed by atoms with E-state index in [-0.39, 0.29) is 5.91 Å². The minimum Gasteiger partial charge on any atom is -0.485 e. The number of rotatable bonds is 7. The maximum Gasteiger partial charge on any atom is 0.233 e. The van der Waals surface area contributed by atoms with E-state index in [0.717, 1.165) is 54.8 Å². The van der Waals surface area contributed by atoms with E-state index in [1.807, 2.05) is 21.6 Å². The number of benzene rings is 1. The Morgan fingerprint density at radius 1 is 1.19 bits per heavy atom. The van der Waals surface area contributed by atoms with Crippen molar-refractivity contribution >= 4 is 17.7 Å². The van der Waals surface area contributed by atoms with Crippen LogP contribution in [0.2, 0.25) is 0 Å². The largest absolute Gasteiger partial charge is 0.485 e. The monoisotopic (exact) mass is 388 g/mol. The molecule has 1 aliphatic rings. The fourth-order valence-electron chi connectivity index (χ4n) is 3.23. The van der Waals surface area contributed by atoms with Crippen LogP contribution in [0.4, 0.5) is 0 Å². The van der Waals surface area contributed by atoms with Crippen LogP contribution in [0.3, 0.4) is 0 Å². The average molecular weight is 389 g/mol. The molecule has 1 fully saturated rings. The molecular weight excluding hydrogens is 360 g/mol. The lowest BCUT2D eigenvalue weighted by Crippen LogP contribution is -2.36. The predicted octanol–water partition coefficient (Wildman–Crippen LogP) is 3.60. The molecular formula is C20H28N4O2S. The van der Waals surface area contributed by atoms with E-state index in [0.29, 0.717) is 12.4 Å². The van der Waals surface area contributed by atoms with Gasteiger partial charge in [-0.25, -0.2) is 0 Å². The van der Waals surface area contributed by atoms with Crippen molar-refractivity contribution in [3.63, 3.8) is 0 Å². The van der Waals surface area contributed by atoms with E-state index >= 15 is 0 Å². The lowest BCUT2D eigenvalue weighted by Gasteiger charge is -2.26. The van der Waals surface area contributed by atoms with Crippen LogP contribution in [0.5, 0.6) is 5.75 Å². The Balaban J connectivity index is 1.60. The zero-order valence-corrected chi connectivity index (χ0v) is 17.2. The second kappa shape index (κ2) is 9.26. The Morgan fingerprint density at radius 3 is 2.70 bits per heavy atom. The highest BCUT2D eigenvalue weighted by Gasteiger charge is 2.19. The van der Waals surface area contributed by atoms with E-state index in [2.05, 4.69) is 37.0 Å². The summed E-state index contributed by atoms with van der Waals surface area (Å²) in [6.07, 6.45) is 3.45. The number of aromatic nitrogens is 3. The van der Waals surface area contributed by atoms with Crippen molar-refractivity contribution < 1.29 is 9.53 Å². The summed E-state index contributed by atoms with van der Waals surface area (Å²) in [5.74, 6) is 2.26. The van der Waals surface area contributed by atoms with E-state index in [4.69, 9.17) is 4.74 Å². The third-order valence-electron chi connectivity index (χ3n) is 5.05. The summed E-state index contributed by atoms with van der Waals surface area (Å²) >= 11 is 1.46. The number of amides is 1. The zero-order chi connectivity index (χ0) is 19.2. The SMILES string of the molecule is CCn1c(COc2cccc(C)c2C)nnc1SCC(=O)N1CCCCC1. The van der Waals surface area contributed by atoms with Gasteiger partial charge in [0.05, 0.1) is 5.75 Å². The molecule has 7 heteroatoms. The number of ether oxygens (including phenoxy) is 1. The molecule has 1 aromatic heterocycles. The quantitative estimate of drug-likeness (QED) is 0.678. The molecule has 0 aliphatic carbocycles. The molecule has 1 amide bonds. The van der Waals surface area contributed by atoms with Crippen molar-refractivity contribution in [1.29, 1.82) is 0 Å². The molecule has 0 atom stereocenters. The smallest absolute Gasteiger partial charge is 0.233 e. The number of likely N-dealkylation sites (tertiary alicyclic amines) is 1. The fourth-order valence-corrected chi connectivity index (χ4v) is 4.16. The number of thioether (sulfide) groups is 1. The van der Waals surface area contributed by atoms with Crippen LogP contribution in [0, 0.1) is 13.8 Å². The summed E-state index contributed by atoms with van der Waals surface area (Å²) in [7, 11) is 0. The minimum absolute atomic E-state index is 0.193. The van der Waals surface area contributed by atoms with Crippen LogP contribution >= 0.6 is 11.8 Å². The molecule has 3 rings (SSSR count). The molecule has 27 heavy (non-hydrogen) atoms. The zero-order valence-electron chi connectivity index (χ0n) is 16.4. The van der Waals surface area contributed by atoms with Gasteiger partial charge in [0, 0.05) is 19.6 Å². The summed E-state index contributed by atoms with van der Waals surface area (Å²) in [5.41, 5.74) is 2.35. The summed E-state index contributed by atoms with van der Waals surface area (Å²) in [6, 6.07) is 6.04. The first-order valence-corrected chi connectivity index (χ1v) is 10.6. The third-order valence-corrected chi connectivity index (χ3v) is 6.01. The van der Waals surface area contributed by atoms with Crippen LogP contribution in [0.15, 0.2) is 23.4 Å². The van der Waals surface area contributed by atoms with Crippen LogP contribution in [-0.4, -0.2) is 44.4 Å². The van der Waals surface area contributed by atoms with Gasteiger partial charge in [0.15, 0.2) is 11.0 Å². The van der Waals surface area contributed by atoms with Gasteiger partial charge in [-0.05, 0) is 57.2 Å². The minimum atomic E-state index is 0.193. The molecule has 0 unspecified atom stereocenters. The van der Waals surface area contributed by atoms with Gasteiger partial charge in [0.1, 0.15) is 12.4 Å². The number of nitrogens with zero attached hydrogens (tertiary/aromatic N) is 4. The van der Waals surface area contributed by atoms with Gasteiger partial charge in [-0.3, -0.25) is 4.79 Å². The van der Waals surface area contributed by atoms with E-state index in [1.165, 1.54) is 23.7 Å². The number of piperidine rings is 1. The number of aryl methyl sites for hydroxylation is 1. The maximum atomic E-state index is 12.4. The van der Waals surface area contributed by atoms with Gasteiger partial charge in [-0.1, -0.05) is 23.9 Å². The van der Waals surface area contributed by atoms with Crippen molar-refractivity contribution in [2.45, 2.75) is 58.3 Å². The second-order valence-corrected chi connectivity index (χ2v) is 7.80. The average Bonchev–Trinajstić information content (AvgIpc) is 3.09. The lowest BCUT2D eigenvalue weighted by molar-refractivity contribution is -0.129. The topological polar surface area (TPSA) is 60.2 Å². The van der Waals surface area contributed by atoms with Gasteiger partial charge in [-0.2, -0.15) is 0 Å². The molecule has 2 heterocycles. The Morgan fingerprint density at radius 2 is 1.96 bits per heavy atom.